The Balaban J connectivity index is 2.49. The molecule has 0 fully saturated rings. The van der Waals surface area contributed by atoms with E-state index in [0.29, 0.717) is 6.54 Å². The van der Waals surface area contributed by atoms with E-state index in [-0.39, 0.29) is 0 Å². The smallest absolute Gasteiger partial charge is 0.240 e. The van der Waals surface area contributed by atoms with Crippen molar-refractivity contribution in [3.63, 3.8) is 0 Å². The van der Waals surface area contributed by atoms with Crippen LogP contribution in [0.5, 0.6) is 0 Å². The number of nitrogens with zero attached hydrogens (tertiary/aromatic N) is 1. The molecule has 0 amide bonds. The number of hydrogen-bond donors (Lipinski definition) is 1. The van der Waals surface area contributed by atoms with Gasteiger partial charge in [0.15, 0.2) is 0 Å². The van der Waals surface area contributed by atoms with Crippen molar-refractivity contribution in [3.05, 3.63) is 12.7 Å². The van der Waals surface area contributed by atoms with E-state index in [1.165, 1.54) is 0 Å². The highest BCUT2D eigenvalue weighted by Gasteiger charge is 1.62. The molecule has 0 aromatic heterocycles. The van der Waals surface area contributed by atoms with E-state index in [0.717, 1.165) is 0 Å². The summed E-state index contributed by atoms with van der Waals surface area (Å²) >= 11 is 0. The molecule has 0 saturated heterocycles. The van der Waals surface area contributed by atoms with Crippen LogP contribution in [-0.2, 0) is 0 Å². The molecular formula is C3H6NO. The van der Waals surface area contributed by atoms with Gasteiger partial charge in [0.1, 0.15) is 0 Å². The Hall–Kier alpha value is -0.340. The van der Waals surface area contributed by atoms with E-state index in [1.807, 2.05) is 0 Å². The van der Waals surface area contributed by atoms with Crippen LogP contribution in [0, 0.1) is 0 Å². The quantitative estimate of drug-likeness (QED) is 0.288. The molecule has 1 N–H and O–H groups in total. The predicted octanol–water partition coefficient (Wildman–Crippen LogP) is 0.166. The molecule has 0 aromatic rings. The second-order valence-electron chi connectivity index (χ2n) is 0.600. The molecule has 0 saturated carbocycles. The van der Waals surface area contributed by atoms with Crippen LogP contribution < -0.4 is 5.48 Å². The molecule has 5 heavy (non-hydrogen) atoms. The van der Waals surface area contributed by atoms with Crippen LogP contribution in [0.25, 0.3) is 0 Å². The highest BCUT2D eigenvalue weighted by Crippen LogP contribution is 1.51. The predicted molar refractivity (Wildman–Crippen MR) is 19.0 cm³/mol. The number of rotatable bonds is 3. The first-order valence-electron chi connectivity index (χ1n) is 1.72. The first-order valence-corrected chi connectivity index (χ1v) is 1.32. The first-order chi connectivity index (χ1) is 2.91. The molecule has 0 aliphatic rings. The van der Waals surface area contributed by atoms with Gasteiger partial charge < -0.3 is 0 Å². The summed E-state index contributed by atoms with van der Waals surface area (Å²) in [6.45, 7) is 3.73. The maximum absolute atomic E-state index is 5.99. The van der Waals surface area contributed by atoms with Crippen molar-refractivity contribution < 1.29 is 6.64 Å². The van der Waals surface area contributed by atoms with Crippen LogP contribution in [0.3, 0.4) is 0 Å². The molecule has 0 atom stereocenters. The molecule has 0 aliphatic heterocycles. The molecule has 0 spiro atoms. The van der Waals surface area contributed by atoms with Crippen LogP contribution in [0.4, 0.5) is 0 Å². The van der Waals surface area contributed by atoms with Crippen LogP contribution in [0.2, 0.25) is 1.43 Å². The monoisotopic (exact) mass is 73.1 g/mol. The van der Waals surface area contributed by atoms with Crippen molar-refractivity contribution in [1.29, 1.82) is 0 Å². The van der Waals surface area contributed by atoms with E-state index in [1.54, 1.807) is 6.08 Å². The van der Waals surface area contributed by atoms with Gasteiger partial charge in [-0.2, -0.15) is 0 Å². The lowest BCUT2D eigenvalue weighted by atomic mass is 10.7. The fourth-order valence-corrected chi connectivity index (χ4v) is 0.0527. The third-order valence-electron chi connectivity index (χ3n) is 0.204. The lowest BCUT2D eigenvalue weighted by Gasteiger charge is -1.74. The summed E-state index contributed by atoms with van der Waals surface area (Å²) in [5.41, 5.74) is 3.14. The van der Waals surface area contributed by atoms with Gasteiger partial charge in [-0.25, -0.2) is 0 Å². The lowest BCUT2D eigenvalue weighted by Crippen LogP contribution is -1.93. The van der Waals surface area contributed by atoms with E-state index >= 15 is 0 Å². The van der Waals surface area contributed by atoms with E-state index in [9.17, 15) is 0 Å². The van der Waals surface area contributed by atoms with Gasteiger partial charge in [-0.1, -0.05) is 11.6 Å². The van der Waals surface area contributed by atoms with Crippen LogP contribution in [0.15, 0.2) is 12.7 Å². The molecule has 2 heteroatoms. The molecule has 0 aromatic carbocycles. The normalized spacial score (nSPS) is 10.0. The standard InChI is InChI=1S/C3H6NO/c1-2-3-4-5/h2,5H,1,3H2/i5D. The largest absolute Gasteiger partial charge is 0.297 e. The van der Waals surface area contributed by atoms with Gasteiger partial charge in [0.2, 0.25) is 1.43 Å². The Kier molecular flexibility index (Phi) is 2.10. The average Bonchev–Trinajstić information content (AvgIpc) is 1.61. The Morgan fingerprint density at radius 1 is 2.40 bits per heavy atom. The molecular weight excluding hydrogens is 66.0 g/mol. The van der Waals surface area contributed by atoms with E-state index in [4.69, 9.17) is 1.43 Å². The van der Waals surface area contributed by atoms with E-state index in [2.05, 4.69) is 17.3 Å². The Morgan fingerprint density at radius 3 is 3.40 bits per heavy atom. The molecule has 0 rings (SSSR count). The fraction of sp³-hybridized carbons (Fsp3) is 0.333. The third-order valence-corrected chi connectivity index (χ3v) is 0.204. The molecule has 2 nitrogen and oxygen atoms in total. The molecule has 0 unspecified atom stereocenters. The zero-order valence-corrected chi connectivity index (χ0v) is 2.85. The maximum atomic E-state index is 5.99. The molecule has 0 aliphatic carbocycles. The highest BCUT2D eigenvalue weighted by atomic mass is 16.5. The summed E-state index contributed by atoms with van der Waals surface area (Å²) in [6, 6.07) is 0. The fourth-order valence-electron chi connectivity index (χ4n) is 0.0527. The van der Waals surface area contributed by atoms with Gasteiger partial charge in [0.25, 0.3) is 0 Å². The van der Waals surface area contributed by atoms with Crippen molar-refractivity contribution in [2.75, 3.05) is 6.54 Å². The summed E-state index contributed by atoms with van der Waals surface area (Å²) in [7, 11) is 0. The first kappa shape index (κ1) is 2.87. The highest BCUT2D eigenvalue weighted by molar-refractivity contribution is 4.65. The van der Waals surface area contributed by atoms with Gasteiger partial charge in [0.05, 0.1) is 6.54 Å². The van der Waals surface area contributed by atoms with Gasteiger partial charge in [-0.05, 0) is 0 Å². The molecule has 0 heterocycles. The Bertz CT molecular complexity index is 39.8. The number of hydroxylamine groups is 1. The third kappa shape index (κ3) is 3.66. The molecule has 1 radical (unpaired) electrons. The summed E-state index contributed by atoms with van der Waals surface area (Å²) in [5, 5.41) is 3.59. The van der Waals surface area contributed by atoms with Gasteiger partial charge in [0, 0.05) is 0 Å². The molecule has 29 valence electrons. The van der Waals surface area contributed by atoms with Crippen molar-refractivity contribution in [1.82, 2.24) is 5.48 Å². The Labute approximate surface area is 32.6 Å². The summed E-state index contributed by atoms with van der Waals surface area (Å²) in [5.74, 6) is 0. The van der Waals surface area contributed by atoms with Crippen molar-refractivity contribution in [2.24, 2.45) is 0 Å². The molecule has 0 bridgehead atoms. The topological polar surface area (TPSA) is 34.3 Å². The lowest BCUT2D eigenvalue weighted by molar-refractivity contribution is 0.169. The zero-order valence-electron chi connectivity index (χ0n) is 3.85. The minimum absolute atomic E-state index is 0.392. The van der Waals surface area contributed by atoms with Crippen molar-refractivity contribution in [3.8, 4) is 0 Å². The minimum atomic E-state index is 0.392. The van der Waals surface area contributed by atoms with Crippen LogP contribution in [0.1, 0.15) is 0 Å². The Morgan fingerprint density at radius 2 is 3.20 bits per heavy atom. The van der Waals surface area contributed by atoms with Crippen molar-refractivity contribution >= 4 is 0 Å². The van der Waals surface area contributed by atoms with Crippen LogP contribution >= 0.6 is 0 Å². The van der Waals surface area contributed by atoms with E-state index < -0.39 is 0 Å². The summed E-state index contributed by atoms with van der Waals surface area (Å²) in [4.78, 5) is 0. The van der Waals surface area contributed by atoms with Crippen molar-refractivity contribution in [2.45, 2.75) is 0 Å². The van der Waals surface area contributed by atoms with Gasteiger partial charge in [-0.3, -0.25) is 5.21 Å². The summed E-state index contributed by atoms with van der Waals surface area (Å²) < 4.78 is 5.99. The number of hydrogen-bond acceptors (Lipinski definition) is 1. The second-order valence-corrected chi connectivity index (χ2v) is 0.600. The van der Waals surface area contributed by atoms with Crippen LogP contribution in [-0.4, -0.2) is 11.8 Å². The summed E-state index contributed by atoms with van der Waals surface area (Å²) in [6.07, 6.45) is 1.55. The average molecular weight is 73.1 g/mol. The van der Waals surface area contributed by atoms with Gasteiger partial charge in [-0.15, -0.1) is 6.58 Å². The minimum Gasteiger partial charge on any atom is -0.297 e. The SMILES string of the molecule is [2H]O[N]CC=C. The maximum Gasteiger partial charge on any atom is 0.240 e. The zero-order chi connectivity index (χ0) is 4.83. The van der Waals surface area contributed by atoms with Gasteiger partial charge >= 0.3 is 0 Å². The second kappa shape index (κ2) is 3.66.